The molecule has 0 radical (unpaired) electrons. The zero-order valence-corrected chi connectivity index (χ0v) is 17.3. The Morgan fingerprint density at radius 3 is 2.88 bits per heavy atom. The van der Waals surface area contributed by atoms with Gasteiger partial charge in [0.2, 0.25) is 0 Å². The van der Waals surface area contributed by atoms with E-state index < -0.39 is 0 Å². The number of thiazole rings is 1. The van der Waals surface area contributed by atoms with Gasteiger partial charge in [-0.05, 0) is 18.6 Å². The van der Waals surface area contributed by atoms with E-state index in [9.17, 15) is 0 Å². The highest BCUT2D eigenvalue weighted by atomic mass is 127. The second-order valence-electron chi connectivity index (χ2n) is 5.43. The topological polar surface area (TPSA) is 81.8 Å². The molecule has 8 heteroatoms. The minimum Gasteiger partial charge on any atom is -0.490 e. The standard InChI is InChI=1S/C17H22N4O2S.HI/c1-2-13-11-20-16(24-13)6-7-19-17(18)21-12-4-5-14-15(10-12)23-9-3-8-22-14;/h4-5,10-11H,2-3,6-9H2,1H3,(H3,18,19,21);1H. The summed E-state index contributed by atoms with van der Waals surface area (Å²) in [5.41, 5.74) is 6.79. The number of hydrogen-bond donors (Lipinski definition) is 2. The Balaban J connectivity index is 0.00000225. The molecule has 1 aliphatic rings. The molecule has 0 fully saturated rings. The first-order chi connectivity index (χ1) is 11.7. The first-order valence-corrected chi connectivity index (χ1v) is 8.96. The largest absolute Gasteiger partial charge is 0.490 e. The smallest absolute Gasteiger partial charge is 0.193 e. The van der Waals surface area contributed by atoms with Crippen LogP contribution in [0.3, 0.4) is 0 Å². The molecule has 0 aliphatic carbocycles. The van der Waals surface area contributed by atoms with Crippen molar-refractivity contribution in [2.24, 2.45) is 10.7 Å². The molecule has 2 heterocycles. The predicted octanol–water partition coefficient (Wildman–Crippen LogP) is 3.45. The molecule has 25 heavy (non-hydrogen) atoms. The zero-order chi connectivity index (χ0) is 16.8. The van der Waals surface area contributed by atoms with Crippen LogP contribution < -0.4 is 20.5 Å². The third-order valence-corrected chi connectivity index (χ3v) is 4.78. The number of rotatable bonds is 5. The number of aryl methyl sites for hydroxylation is 1. The molecule has 0 bridgehead atoms. The fraction of sp³-hybridized carbons (Fsp3) is 0.412. The van der Waals surface area contributed by atoms with E-state index in [0.29, 0.717) is 25.7 Å². The fourth-order valence-electron chi connectivity index (χ4n) is 2.33. The van der Waals surface area contributed by atoms with Gasteiger partial charge >= 0.3 is 0 Å². The first kappa shape index (κ1) is 19.8. The third-order valence-electron chi connectivity index (χ3n) is 3.58. The summed E-state index contributed by atoms with van der Waals surface area (Å²) in [6.07, 6.45) is 4.64. The lowest BCUT2D eigenvalue weighted by Crippen LogP contribution is -2.23. The van der Waals surface area contributed by atoms with E-state index in [0.717, 1.165) is 41.5 Å². The van der Waals surface area contributed by atoms with Crippen molar-refractivity contribution in [2.75, 3.05) is 25.1 Å². The summed E-state index contributed by atoms with van der Waals surface area (Å²) in [5, 5.41) is 4.19. The van der Waals surface area contributed by atoms with Gasteiger partial charge in [0, 0.05) is 42.2 Å². The van der Waals surface area contributed by atoms with E-state index in [1.54, 1.807) is 11.3 Å². The molecule has 136 valence electrons. The fourth-order valence-corrected chi connectivity index (χ4v) is 3.18. The van der Waals surface area contributed by atoms with Gasteiger partial charge in [-0.3, -0.25) is 4.99 Å². The summed E-state index contributed by atoms with van der Waals surface area (Å²) >= 11 is 1.73. The van der Waals surface area contributed by atoms with Crippen molar-refractivity contribution in [3.05, 3.63) is 34.3 Å². The van der Waals surface area contributed by atoms with Crippen LogP contribution >= 0.6 is 35.3 Å². The summed E-state index contributed by atoms with van der Waals surface area (Å²) < 4.78 is 11.3. The summed E-state index contributed by atoms with van der Waals surface area (Å²) in [6.45, 7) is 4.08. The van der Waals surface area contributed by atoms with Crippen LogP contribution in [0.2, 0.25) is 0 Å². The number of aliphatic imine (C=N–C) groups is 1. The number of fused-ring (bicyclic) bond motifs is 1. The quantitative estimate of drug-likeness (QED) is 0.394. The molecule has 1 aromatic carbocycles. The lowest BCUT2D eigenvalue weighted by Gasteiger charge is -2.10. The molecule has 3 N–H and O–H groups in total. The van der Waals surface area contributed by atoms with E-state index in [1.165, 1.54) is 4.88 Å². The highest BCUT2D eigenvalue weighted by Crippen LogP contribution is 2.32. The van der Waals surface area contributed by atoms with Crippen molar-refractivity contribution in [1.29, 1.82) is 0 Å². The molecule has 0 saturated carbocycles. The number of nitrogens with two attached hydrogens (primary N) is 1. The number of ether oxygens (including phenoxy) is 2. The predicted molar refractivity (Wildman–Crippen MR) is 113 cm³/mol. The summed E-state index contributed by atoms with van der Waals surface area (Å²) in [6, 6.07) is 5.68. The van der Waals surface area contributed by atoms with Gasteiger partial charge in [-0.2, -0.15) is 0 Å². The Labute approximate surface area is 168 Å². The first-order valence-electron chi connectivity index (χ1n) is 8.15. The van der Waals surface area contributed by atoms with Gasteiger partial charge in [0.05, 0.1) is 18.2 Å². The molecule has 2 aromatic rings. The monoisotopic (exact) mass is 474 g/mol. The number of anilines is 1. The Morgan fingerprint density at radius 1 is 1.32 bits per heavy atom. The van der Waals surface area contributed by atoms with E-state index in [2.05, 4.69) is 22.2 Å². The Hall–Kier alpha value is -1.55. The van der Waals surface area contributed by atoms with Gasteiger partial charge in [0.25, 0.3) is 0 Å². The highest BCUT2D eigenvalue weighted by molar-refractivity contribution is 14.0. The zero-order valence-electron chi connectivity index (χ0n) is 14.2. The van der Waals surface area contributed by atoms with Crippen LogP contribution in [0, 0.1) is 0 Å². The number of halogens is 1. The van der Waals surface area contributed by atoms with Gasteiger partial charge in [-0.15, -0.1) is 35.3 Å². The highest BCUT2D eigenvalue weighted by Gasteiger charge is 2.10. The molecule has 6 nitrogen and oxygen atoms in total. The van der Waals surface area contributed by atoms with Crippen molar-refractivity contribution in [3.8, 4) is 11.5 Å². The molecule has 3 rings (SSSR count). The number of nitrogens with zero attached hydrogens (tertiary/aromatic N) is 2. The Bertz CT molecular complexity index is 720. The summed E-state index contributed by atoms with van der Waals surface area (Å²) in [5.74, 6) is 1.89. The maximum Gasteiger partial charge on any atom is 0.193 e. The summed E-state index contributed by atoms with van der Waals surface area (Å²) in [7, 11) is 0. The normalized spacial score (nSPS) is 13.7. The maximum atomic E-state index is 5.96. The van der Waals surface area contributed by atoms with E-state index in [4.69, 9.17) is 15.2 Å². The molecule has 1 aromatic heterocycles. The van der Waals surface area contributed by atoms with Crippen molar-refractivity contribution in [2.45, 2.75) is 26.2 Å². The second kappa shape index (κ2) is 9.81. The lowest BCUT2D eigenvalue weighted by atomic mass is 10.3. The Morgan fingerprint density at radius 2 is 2.12 bits per heavy atom. The minimum absolute atomic E-state index is 0. The molecule has 0 saturated heterocycles. The van der Waals surface area contributed by atoms with Crippen LogP contribution in [-0.4, -0.2) is 30.7 Å². The average Bonchev–Trinajstić information content (AvgIpc) is 2.91. The minimum atomic E-state index is 0. The number of hydrogen-bond acceptors (Lipinski definition) is 5. The van der Waals surface area contributed by atoms with Crippen molar-refractivity contribution in [3.63, 3.8) is 0 Å². The van der Waals surface area contributed by atoms with Gasteiger partial charge < -0.3 is 20.5 Å². The van der Waals surface area contributed by atoms with Crippen LogP contribution in [0.25, 0.3) is 0 Å². The second-order valence-corrected chi connectivity index (χ2v) is 6.63. The number of aromatic nitrogens is 1. The number of benzene rings is 1. The lowest BCUT2D eigenvalue weighted by molar-refractivity contribution is 0.297. The molecular weight excluding hydrogens is 451 g/mol. The molecule has 0 spiro atoms. The molecule has 1 aliphatic heterocycles. The summed E-state index contributed by atoms with van der Waals surface area (Å²) in [4.78, 5) is 10.0. The van der Waals surface area contributed by atoms with Crippen LogP contribution in [0.15, 0.2) is 29.4 Å². The third kappa shape index (κ3) is 5.74. The molecule has 0 unspecified atom stereocenters. The number of nitrogens with one attached hydrogen (secondary N) is 1. The van der Waals surface area contributed by atoms with E-state index >= 15 is 0 Å². The molecule has 0 amide bonds. The van der Waals surface area contributed by atoms with Crippen molar-refractivity contribution < 1.29 is 9.47 Å². The molecule has 0 atom stereocenters. The van der Waals surface area contributed by atoms with Gasteiger partial charge in [-0.25, -0.2) is 4.98 Å². The molecular formula is C17H23IN4O2S. The van der Waals surface area contributed by atoms with E-state index in [1.807, 2.05) is 24.4 Å². The van der Waals surface area contributed by atoms with Crippen LogP contribution in [-0.2, 0) is 12.8 Å². The Kier molecular flexibility index (Phi) is 7.76. The van der Waals surface area contributed by atoms with Crippen LogP contribution in [0.5, 0.6) is 11.5 Å². The van der Waals surface area contributed by atoms with Gasteiger partial charge in [-0.1, -0.05) is 6.92 Å². The van der Waals surface area contributed by atoms with Crippen LogP contribution in [0.4, 0.5) is 5.69 Å². The van der Waals surface area contributed by atoms with Gasteiger partial charge in [0.1, 0.15) is 0 Å². The average molecular weight is 474 g/mol. The van der Waals surface area contributed by atoms with Crippen molar-refractivity contribution in [1.82, 2.24) is 4.98 Å². The van der Waals surface area contributed by atoms with Gasteiger partial charge in [0.15, 0.2) is 17.5 Å². The van der Waals surface area contributed by atoms with Crippen molar-refractivity contribution >= 4 is 47.0 Å². The van der Waals surface area contributed by atoms with E-state index in [-0.39, 0.29) is 24.0 Å². The van der Waals surface area contributed by atoms with Crippen LogP contribution in [0.1, 0.15) is 23.2 Å². The maximum absolute atomic E-state index is 5.96. The SMILES string of the molecule is CCc1cnc(CCN=C(N)Nc2ccc3c(c2)OCCCO3)s1.I. The number of guanidine groups is 1.